The Hall–Kier alpha value is -2.39. The van der Waals surface area contributed by atoms with Crippen LogP contribution in [0.2, 0.25) is 0 Å². The van der Waals surface area contributed by atoms with Crippen molar-refractivity contribution in [3.63, 3.8) is 0 Å². The standard InChI is InChI=1S/C12H12BrN5O3/c1-21-10-3-2-7(4-9(10)13)15-11-5-8(18(19)20)6-12(16-11)17-14/h2-6H,14H2,1H3,(H2,15,16,17). The summed E-state index contributed by atoms with van der Waals surface area (Å²) in [6.45, 7) is 0. The van der Waals surface area contributed by atoms with Crippen molar-refractivity contribution >= 4 is 38.9 Å². The average molecular weight is 354 g/mol. The maximum absolute atomic E-state index is 10.9. The molecule has 0 aliphatic heterocycles. The summed E-state index contributed by atoms with van der Waals surface area (Å²) in [6.07, 6.45) is 0. The van der Waals surface area contributed by atoms with Crippen LogP contribution in [0.4, 0.5) is 23.0 Å². The summed E-state index contributed by atoms with van der Waals surface area (Å²) in [5.74, 6) is 6.43. The number of methoxy groups -OCH3 is 1. The van der Waals surface area contributed by atoms with E-state index in [0.717, 1.165) is 4.47 Å². The smallest absolute Gasteiger partial charge is 0.276 e. The number of anilines is 3. The van der Waals surface area contributed by atoms with Gasteiger partial charge in [0.2, 0.25) is 0 Å². The monoisotopic (exact) mass is 353 g/mol. The van der Waals surface area contributed by atoms with Crippen molar-refractivity contribution in [2.24, 2.45) is 5.84 Å². The molecule has 1 aromatic carbocycles. The van der Waals surface area contributed by atoms with Crippen molar-refractivity contribution in [3.8, 4) is 5.75 Å². The first kappa shape index (κ1) is 15.0. The first-order valence-corrected chi connectivity index (χ1v) is 6.56. The van der Waals surface area contributed by atoms with Gasteiger partial charge in [-0.05, 0) is 34.1 Å². The van der Waals surface area contributed by atoms with E-state index in [1.807, 2.05) is 0 Å². The molecular formula is C12H12BrN5O3. The normalized spacial score (nSPS) is 10.0. The van der Waals surface area contributed by atoms with E-state index in [2.05, 4.69) is 31.7 Å². The minimum atomic E-state index is -0.516. The van der Waals surface area contributed by atoms with Crippen molar-refractivity contribution in [3.05, 3.63) is 44.9 Å². The lowest BCUT2D eigenvalue weighted by molar-refractivity contribution is -0.384. The van der Waals surface area contributed by atoms with E-state index in [0.29, 0.717) is 17.3 Å². The Kier molecular flexibility index (Phi) is 4.55. The third kappa shape index (κ3) is 3.58. The molecule has 0 bridgehead atoms. The van der Waals surface area contributed by atoms with E-state index in [4.69, 9.17) is 10.6 Å². The summed E-state index contributed by atoms with van der Waals surface area (Å²) in [7, 11) is 1.56. The highest BCUT2D eigenvalue weighted by Crippen LogP contribution is 2.30. The van der Waals surface area contributed by atoms with Crippen molar-refractivity contribution in [1.29, 1.82) is 0 Å². The molecule has 0 saturated carbocycles. The molecule has 0 saturated heterocycles. The molecule has 8 nitrogen and oxygen atoms in total. The zero-order valence-corrected chi connectivity index (χ0v) is 12.5. The Morgan fingerprint density at radius 2 is 2.05 bits per heavy atom. The molecule has 9 heteroatoms. The summed E-state index contributed by atoms with van der Waals surface area (Å²) >= 11 is 3.36. The fourth-order valence-electron chi connectivity index (χ4n) is 1.65. The van der Waals surface area contributed by atoms with Crippen LogP contribution < -0.4 is 21.3 Å². The number of nitrogens with zero attached hydrogens (tertiary/aromatic N) is 2. The molecule has 0 amide bonds. The van der Waals surface area contributed by atoms with Crippen LogP contribution in [-0.4, -0.2) is 17.0 Å². The van der Waals surface area contributed by atoms with Gasteiger partial charge in [0.15, 0.2) is 0 Å². The van der Waals surface area contributed by atoms with Crippen LogP contribution >= 0.6 is 15.9 Å². The average Bonchev–Trinajstić information content (AvgIpc) is 2.47. The molecule has 2 rings (SSSR count). The quantitative estimate of drug-likeness (QED) is 0.430. The lowest BCUT2D eigenvalue weighted by atomic mass is 10.3. The van der Waals surface area contributed by atoms with Crippen LogP contribution in [0.1, 0.15) is 0 Å². The van der Waals surface area contributed by atoms with Gasteiger partial charge in [0.05, 0.1) is 28.6 Å². The molecule has 0 atom stereocenters. The highest BCUT2D eigenvalue weighted by Gasteiger charge is 2.11. The number of pyridine rings is 1. The second-order valence-electron chi connectivity index (χ2n) is 3.97. The van der Waals surface area contributed by atoms with E-state index in [-0.39, 0.29) is 11.5 Å². The molecule has 0 radical (unpaired) electrons. The van der Waals surface area contributed by atoms with E-state index in [9.17, 15) is 10.1 Å². The highest BCUT2D eigenvalue weighted by molar-refractivity contribution is 9.10. The molecule has 21 heavy (non-hydrogen) atoms. The minimum absolute atomic E-state index is 0.118. The maximum atomic E-state index is 10.9. The Labute approximate surface area is 128 Å². The molecule has 0 fully saturated rings. The fraction of sp³-hybridized carbons (Fsp3) is 0.0833. The van der Waals surface area contributed by atoms with Gasteiger partial charge in [0.25, 0.3) is 5.69 Å². The number of rotatable bonds is 5. The van der Waals surface area contributed by atoms with Crippen molar-refractivity contribution < 1.29 is 9.66 Å². The molecule has 4 N–H and O–H groups in total. The summed E-state index contributed by atoms with van der Waals surface area (Å²) < 4.78 is 5.88. The number of nitrogens with two attached hydrogens (primary N) is 1. The Balaban J connectivity index is 2.32. The molecular weight excluding hydrogens is 342 g/mol. The van der Waals surface area contributed by atoms with Gasteiger partial charge in [-0.2, -0.15) is 0 Å². The number of nitrogens with one attached hydrogen (secondary N) is 2. The number of hydrogen-bond donors (Lipinski definition) is 3. The summed E-state index contributed by atoms with van der Waals surface area (Å²) in [5.41, 5.74) is 2.87. The predicted molar refractivity (Wildman–Crippen MR) is 82.7 cm³/mol. The number of nitro groups is 1. The van der Waals surface area contributed by atoms with Gasteiger partial charge in [0.1, 0.15) is 17.4 Å². The van der Waals surface area contributed by atoms with Crippen molar-refractivity contribution in [2.75, 3.05) is 17.9 Å². The Bertz CT molecular complexity index is 680. The van der Waals surface area contributed by atoms with Gasteiger partial charge in [-0.3, -0.25) is 10.1 Å². The Morgan fingerprint density at radius 1 is 1.33 bits per heavy atom. The SMILES string of the molecule is COc1ccc(Nc2cc([N+](=O)[O-])cc(NN)n2)cc1Br. The highest BCUT2D eigenvalue weighted by atomic mass is 79.9. The largest absolute Gasteiger partial charge is 0.496 e. The predicted octanol–water partition coefficient (Wildman–Crippen LogP) is 2.79. The first-order chi connectivity index (χ1) is 10.0. The molecule has 1 aromatic heterocycles. The van der Waals surface area contributed by atoms with E-state index in [1.54, 1.807) is 25.3 Å². The van der Waals surface area contributed by atoms with E-state index < -0.39 is 4.92 Å². The number of hydrogen-bond acceptors (Lipinski definition) is 7. The van der Waals surface area contributed by atoms with Gasteiger partial charge in [-0.15, -0.1) is 0 Å². The van der Waals surface area contributed by atoms with Crippen molar-refractivity contribution in [1.82, 2.24) is 4.98 Å². The zero-order valence-electron chi connectivity index (χ0n) is 11.0. The van der Waals surface area contributed by atoms with Gasteiger partial charge in [-0.25, -0.2) is 10.8 Å². The molecule has 1 heterocycles. The van der Waals surface area contributed by atoms with Crippen molar-refractivity contribution in [2.45, 2.75) is 0 Å². The zero-order chi connectivity index (χ0) is 15.4. The lowest BCUT2D eigenvalue weighted by Crippen LogP contribution is -2.10. The fourth-order valence-corrected chi connectivity index (χ4v) is 2.19. The maximum Gasteiger partial charge on any atom is 0.276 e. The van der Waals surface area contributed by atoms with Crippen LogP contribution in [0.25, 0.3) is 0 Å². The van der Waals surface area contributed by atoms with Gasteiger partial charge >= 0.3 is 0 Å². The van der Waals surface area contributed by atoms with Crippen LogP contribution in [0.15, 0.2) is 34.8 Å². The van der Waals surface area contributed by atoms with Crippen LogP contribution in [-0.2, 0) is 0 Å². The van der Waals surface area contributed by atoms with Crippen LogP contribution in [0.5, 0.6) is 5.75 Å². The lowest BCUT2D eigenvalue weighted by Gasteiger charge is -2.09. The van der Waals surface area contributed by atoms with E-state index >= 15 is 0 Å². The molecule has 0 aliphatic rings. The summed E-state index contributed by atoms with van der Waals surface area (Å²) in [6, 6.07) is 7.86. The van der Waals surface area contributed by atoms with Gasteiger partial charge in [0, 0.05) is 5.69 Å². The van der Waals surface area contributed by atoms with Gasteiger partial charge in [-0.1, -0.05) is 0 Å². The summed E-state index contributed by atoms with van der Waals surface area (Å²) in [4.78, 5) is 14.5. The van der Waals surface area contributed by atoms with Crippen LogP contribution in [0.3, 0.4) is 0 Å². The minimum Gasteiger partial charge on any atom is -0.496 e. The van der Waals surface area contributed by atoms with E-state index in [1.165, 1.54) is 12.1 Å². The molecule has 0 unspecified atom stereocenters. The third-order valence-corrected chi connectivity index (χ3v) is 3.21. The van der Waals surface area contributed by atoms with Crippen LogP contribution in [0, 0.1) is 10.1 Å². The second-order valence-corrected chi connectivity index (χ2v) is 4.83. The number of benzene rings is 1. The molecule has 0 spiro atoms. The summed E-state index contributed by atoms with van der Waals surface area (Å²) in [5, 5.41) is 13.8. The Morgan fingerprint density at radius 3 is 2.62 bits per heavy atom. The number of hydrazine groups is 1. The molecule has 2 aromatic rings. The number of nitrogen functional groups attached to an aromatic ring is 1. The molecule has 0 aliphatic carbocycles. The number of aromatic nitrogens is 1. The molecule has 110 valence electrons. The van der Waals surface area contributed by atoms with Gasteiger partial charge < -0.3 is 15.5 Å². The third-order valence-electron chi connectivity index (χ3n) is 2.59. The second kappa shape index (κ2) is 6.37. The number of halogens is 1. The number of ether oxygens (including phenoxy) is 1. The first-order valence-electron chi connectivity index (χ1n) is 5.77. The topological polar surface area (TPSA) is 115 Å².